The highest BCUT2D eigenvalue weighted by Gasteiger charge is 2.36. The summed E-state index contributed by atoms with van der Waals surface area (Å²) in [5.41, 5.74) is 0.246. The standard InChI is InChI=1S/C21H37NO3/c1-14(2)12-13-19(17-10-9-11-18(17)21(7,8)24)25-20(23)22(15(3)4)16(5)6/h12-16,18,24H,9-11H2,1-8H3/b13-12+,19-17-. The number of carbonyl (C=O) groups is 1. The second kappa shape index (κ2) is 8.88. The van der Waals surface area contributed by atoms with E-state index in [-0.39, 0.29) is 24.1 Å². The summed E-state index contributed by atoms with van der Waals surface area (Å²) in [7, 11) is 0. The predicted octanol–water partition coefficient (Wildman–Crippen LogP) is 5.28. The van der Waals surface area contributed by atoms with Gasteiger partial charge in [0.2, 0.25) is 0 Å². The van der Waals surface area contributed by atoms with Crippen LogP contribution in [0.15, 0.2) is 23.5 Å². The average Bonchev–Trinajstić information content (AvgIpc) is 2.91. The largest absolute Gasteiger partial charge is 0.415 e. The van der Waals surface area contributed by atoms with Crippen LogP contribution in [0.4, 0.5) is 4.79 Å². The third kappa shape index (κ3) is 6.18. The molecule has 0 spiro atoms. The molecule has 1 fully saturated rings. The quantitative estimate of drug-likeness (QED) is 0.662. The number of hydrogen-bond donors (Lipinski definition) is 1. The molecule has 0 radical (unpaired) electrons. The van der Waals surface area contributed by atoms with Crippen LogP contribution in [0.2, 0.25) is 0 Å². The molecule has 1 rings (SSSR count). The van der Waals surface area contributed by atoms with Crippen molar-refractivity contribution in [2.75, 3.05) is 0 Å². The van der Waals surface area contributed by atoms with Crippen molar-refractivity contribution in [3.63, 3.8) is 0 Å². The summed E-state index contributed by atoms with van der Waals surface area (Å²) >= 11 is 0. The van der Waals surface area contributed by atoms with Crippen molar-refractivity contribution in [3.05, 3.63) is 23.5 Å². The smallest absolute Gasteiger partial charge is 0.410 e. The Morgan fingerprint density at radius 2 is 1.76 bits per heavy atom. The first-order valence-corrected chi connectivity index (χ1v) is 9.58. The van der Waals surface area contributed by atoms with E-state index >= 15 is 0 Å². The van der Waals surface area contributed by atoms with E-state index in [0.29, 0.717) is 11.7 Å². The molecule has 1 amide bonds. The SMILES string of the molecule is CC(C)/C=C/C(OC(=O)N(C(C)C)C(C)C)=C1\CCCC1C(C)(C)O. The van der Waals surface area contributed by atoms with Gasteiger partial charge in [0.15, 0.2) is 0 Å². The zero-order valence-electron chi connectivity index (χ0n) is 17.3. The Morgan fingerprint density at radius 1 is 1.20 bits per heavy atom. The Morgan fingerprint density at radius 3 is 2.20 bits per heavy atom. The van der Waals surface area contributed by atoms with Crippen LogP contribution in [0.3, 0.4) is 0 Å². The van der Waals surface area contributed by atoms with Crippen molar-refractivity contribution in [1.82, 2.24) is 4.90 Å². The number of carbonyl (C=O) groups excluding carboxylic acids is 1. The Balaban J connectivity index is 3.21. The van der Waals surface area contributed by atoms with Crippen molar-refractivity contribution in [1.29, 1.82) is 0 Å². The third-order valence-corrected chi connectivity index (χ3v) is 4.68. The van der Waals surface area contributed by atoms with E-state index in [0.717, 1.165) is 24.8 Å². The lowest BCUT2D eigenvalue weighted by atomic mass is 9.85. The first-order valence-electron chi connectivity index (χ1n) is 9.58. The molecule has 0 aromatic heterocycles. The lowest BCUT2D eigenvalue weighted by Gasteiger charge is -2.31. The van der Waals surface area contributed by atoms with Crippen LogP contribution < -0.4 is 0 Å². The third-order valence-electron chi connectivity index (χ3n) is 4.68. The average molecular weight is 352 g/mol. The van der Waals surface area contributed by atoms with E-state index in [2.05, 4.69) is 13.8 Å². The summed E-state index contributed by atoms with van der Waals surface area (Å²) < 4.78 is 5.86. The van der Waals surface area contributed by atoms with Crippen molar-refractivity contribution >= 4 is 6.09 Å². The molecule has 25 heavy (non-hydrogen) atoms. The molecule has 0 aromatic carbocycles. The molecular formula is C21H37NO3. The van der Waals surface area contributed by atoms with E-state index in [1.807, 2.05) is 53.7 Å². The molecule has 0 bridgehead atoms. The van der Waals surface area contributed by atoms with Gasteiger partial charge in [0.25, 0.3) is 0 Å². The van der Waals surface area contributed by atoms with Gasteiger partial charge in [-0.15, -0.1) is 0 Å². The lowest BCUT2D eigenvalue weighted by Crippen LogP contribution is -2.42. The number of amides is 1. The fraction of sp³-hybridized carbons (Fsp3) is 0.762. The first kappa shape index (κ1) is 21.8. The maximum Gasteiger partial charge on any atom is 0.415 e. The minimum absolute atomic E-state index is 0.0265. The van der Waals surface area contributed by atoms with E-state index in [1.165, 1.54) is 0 Å². The minimum atomic E-state index is -0.815. The van der Waals surface area contributed by atoms with Gasteiger partial charge in [-0.2, -0.15) is 0 Å². The first-order chi connectivity index (χ1) is 11.4. The number of allylic oxidation sites excluding steroid dienone is 2. The van der Waals surface area contributed by atoms with E-state index in [9.17, 15) is 9.90 Å². The predicted molar refractivity (Wildman–Crippen MR) is 103 cm³/mol. The maximum atomic E-state index is 12.8. The lowest BCUT2D eigenvalue weighted by molar-refractivity contribution is 0.0326. The molecule has 1 aliphatic carbocycles. The van der Waals surface area contributed by atoms with Crippen LogP contribution in [-0.4, -0.2) is 33.8 Å². The van der Waals surface area contributed by atoms with Gasteiger partial charge in [-0.25, -0.2) is 4.79 Å². The molecule has 0 saturated heterocycles. The molecule has 1 N–H and O–H groups in total. The molecule has 0 aliphatic heterocycles. The second-order valence-corrected chi connectivity index (χ2v) is 8.55. The summed E-state index contributed by atoms with van der Waals surface area (Å²) in [4.78, 5) is 14.5. The van der Waals surface area contributed by atoms with Gasteiger partial charge >= 0.3 is 6.09 Å². The Labute approximate surface area is 153 Å². The molecule has 1 saturated carbocycles. The summed E-state index contributed by atoms with van der Waals surface area (Å²) in [5.74, 6) is 1.01. The van der Waals surface area contributed by atoms with Crippen molar-refractivity contribution in [2.45, 2.75) is 92.3 Å². The van der Waals surface area contributed by atoms with Crippen LogP contribution in [0, 0.1) is 11.8 Å². The second-order valence-electron chi connectivity index (χ2n) is 8.55. The van der Waals surface area contributed by atoms with Gasteiger partial charge in [-0.05, 0) is 78.4 Å². The van der Waals surface area contributed by atoms with Crippen LogP contribution in [0.5, 0.6) is 0 Å². The highest BCUT2D eigenvalue weighted by atomic mass is 16.6. The summed E-state index contributed by atoms with van der Waals surface area (Å²) in [6.07, 6.45) is 6.45. The van der Waals surface area contributed by atoms with Gasteiger partial charge < -0.3 is 14.7 Å². The number of hydrogen-bond acceptors (Lipinski definition) is 3. The van der Waals surface area contributed by atoms with Crippen molar-refractivity contribution in [2.24, 2.45) is 11.8 Å². The van der Waals surface area contributed by atoms with Crippen LogP contribution in [0.1, 0.15) is 74.7 Å². The fourth-order valence-electron chi connectivity index (χ4n) is 3.57. The molecule has 1 unspecified atom stereocenters. The van der Waals surface area contributed by atoms with E-state index < -0.39 is 5.60 Å². The molecule has 1 aliphatic rings. The summed E-state index contributed by atoms with van der Waals surface area (Å²) in [6, 6.07) is 0.142. The van der Waals surface area contributed by atoms with Crippen LogP contribution in [-0.2, 0) is 4.74 Å². The number of nitrogens with zero attached hydrogens (tertiary/aromatic N) is 1. The topological polar surface area (TPSA) is 49.8 Å². The number of ether oxygens (including phenoxy) is 1. The molecule has 0 heterocycles. The van der Waals surface area contributed by atoms with E-state index in [4.69, 9.17) is 4.74 Å². The minimum Gasteiger partial charge on any atom is -0.410 e. The normalized spacial score (nSPS) is 20.9. The molecule has 4 nitrogen and oxygen atoms in total. The summed E-state index contributed by atoms with van der Waals surface area (Å²) in [6.45, 7) is 15.8. The fourth-order valence-corrected chi connectivity index (χ4v) is 3.57. The monoisotopic (exact) mass is 351 g/mol. The zero-order chi connectivity index (χ0) is 19.4. The molecule has 144 valence electrons. The van der Waals surface area contributed by atoms with E-state index in [1.54, 1.807) is 4.90 Å². The van der Waals surface area contributed by atoms with Crippen LogP contribution in [0.25, 0.3) is 0 Å². The molecule has 1 atom stereocenters. The van der Waals surface area contributed by atoms with Gasteiger partial charge in [-0.3, -0.25) is 0 Å². The highest BCUT2D eigenvalue weighted by Crippen LogP contribution is 2.41. The highest BCUT2D eigenvalue weighted by molar-refractivity contribution is 5.70. The Hall–Kier alpha value is -1.29. The van der Waals surface area contributed by atoms with Crippen LogP contribution >= 0.6 is 0 Å². The maximum absolute atomic E-state index is 12.8. The van der Waals surface area contributed by atoms with Gasteiger partial charge in [0.1, 0.15) is 5.76 Å². The molecular weight excluding hydrogens is 314 g/mol. The number of aliphatic hydroxyl groups is 1. The molecule has 4 heteroatoms. The Bertz CT molecular complexity index is 502. The Kier molecular flexibility index (Phi) is 7.73. The number of rotatable bonds is 6. The summed E-state index contributed by atoms with van der Waals surface area (Å²) in [5, 5.41) is 10.5. The van der Waals surface area contributed by atoms with Gasteiger partial charge in [-0.1, -0.05) is 19.9 Å². The van der Waals surface area contributed by atoms with Gasteiger partial charge in [0.05, 0.1) is 5.60 Å². The van der Waals surface area contributed by atoms with Crippen molar-refractivity contribution in [3.8, 4) is 0 Å². The van der Waals surface area contributed by atoms with Gasteiger partial charge in [0, 0.05) is 18.0 Å². The molecule has 0 aromatic rings. The van der Waals surface area contributed by atoms with Crippen molar-refractivity contribution < 1.29 is 14.6 Å². The zero-order valence-corrected chi connectivity index (χ0v) is 17.3.